The predicted octanol–water partition coefficient (Wildman–Crippen LogP) is 1.25. The second-order valence-electron chi connectivity index (χ2n) is 5.33. The van der Waals surface area contributed by atoms with Crippen LogP contribution in [0.15, 0.2) is 29.2 Å². The molecule has 1 aliphatic rings. The summed E-state index contributed by atoms with van der Waals surface area (Å²) in [5.41, 5.74) is 1.06. The lowest BCUT2D eigenvalue weighted by molar-refractivity contribution is 0.218. The largest absolute Gasteiger partial charge is 0.371 e. The SMILES string of the molecule is CCN(C)C1CCN(c2ccc(S(N)(=O)=O)cc2)CC1. The number of hydrogen-bond donors (Lipinski definition) is 1. The lowest BCUT2D eigenvalue weighted by Gasteiger charge is -2.37. The number of rotatable bonds is 4. The molecular weight excluding hydrogens is 274 g/mol. The topological polar surface area (TPSA) is 66.6 Å². The van der Waals surface area contributed by atoms with E-state index in [0.717, 1.165) is 38.2 Å². The molecule has 0 atom stereocenters. The van der Waals surface area contributed by atoms with Crippen LogP contribution < -0.4 is 10.0 Å². The highest BCUT2D eigenvalue weighted by atomic mass is 32.2. The van der Waals surface area contributed by atoms with Crippen LogP contribution in [0.3, 0.4) is 0 Å². The Kier molecular flexibility index (Phi) is 4.67. The van der Waals surface area contributed by atoms with E-state index >= 15 is 0 Å². The summed E-state index contributed by atoms with van der Waals surface area (Å²) < 4.78 is 22.5. The molecule has 1 heterocycles. The number of primary sulfonamides is 1. The van der Waals surface area contributed by atoms with Crippen molar-refractivity contribution < 1.29 is 8.42 Å². The maximum absolute atomic E-state index is 11.2. The van der Waals surface area contributed by atoms with Crippen molar-refractivity contribution in [3.63, 3.8) is 0 Å². The molecule has 112 valence electrons. The van der Waals surface area contributed by atoms with Crippen LogP contribution in [-0.4, -0.2) is 46.0 Å². The Labute approximate surface area is 121 Å². The van der Waals surface area contributed by atoms with Crippen LogP contribution in [0.2, 0.25) is 0 Å². The molecular formula is C14H23N3O2S. The maximum Gasteiger partial charge on any atom is 0.238 e. The van der Waals surface area contributed by atoms with Gasteiger partial charge in [0.1, 0.15) is 0 Å². The van der Waals surface area contributed by atoms with Crippen molar-refractivity contribution >= 4 is 15.7 Å². The second kappa shape index (κ2) is 6.11. The van der Waals surface area contributed by atoms with Gasteiger partial charge in [-0.15, -0.1) is 0 Å². The minimum atomic E-state index is -3.60. The Morgan fingerprint density at radius 2 is 1.80 bits per heavy atom. The lowest BCUT2D eigenvalue weighted by Crippen LogP contribution is -2.43. The number of anilines is 1. The molecule has 1 aromatic carbocycles. The van der Waals surface area contributed by atoms with Gasteiger partial charge in [-0.25, -0.2) is 13.6 Å². The van der Waals surface area contributed by atoms with Gasteiger partial charge in [-0.1, -0.05) is 6.92 Å². The zero-order valence-corrected chi connectivity index (χ0v) is 12.9. The Bertz CT molecular complexity index is 534. The van der Waals surface area contributed by atoms with E-state index in [1.807, 2.05) is 12.1 Å². The molecule has 0 amide bonds. The third-order valence-electron chi connectivity index (χ3n) is 4.12. The third-order valence-corrected chi connectivity index (χ3v) is 5.05. The number of benzene rings is 1. The van der Waals surface area contributed by atoms with Crippen LogP contribution >= 0.6 is 0 Å². The van der Waals surface area contributed by atoms with E-state index in [0.29, 0.717) is 6.04 Å². The molecule has 0 aliphatic carbocycles. The van der Waals surface area contributed by atoms with Crippen LogP contribution in [0.5, 0.6) is 0 Å². The average molecular weight is 297 g/mol. The molecule has 0 saturated carbocycles. The number of piperidine rings is 1. The first-order valence-corrected chi connectivity index (χ1v) is 8.54. The predicted molar refractivity (Wildman–Crippen MR) is 81.4 cm³/mol. The van der Waals surface area contributed by atoms with Gasteiger partial charge >= 0.3 is 0 Å². The highest BCUT2D eigenvalue weighted by Crippen LogP contribution is 2.23. The van der Waals surface area contributed by atoms with Crippen molar-refractivity contribution in [3.8, 4) is 0 Å². The Balaban J connectivity index is 2.01. The molecule has 1 aliphatic heterocycles. The van der Waals surface area contributed by atoms with Crippen LogP contribution in [-0.2, 0) is 10.0 Å². The van der Waals surface area contributed by atoms with E-state index in [2.05, 4.69) is 23.8 Å². The fourth-order valence-electron chi connectivity index (χ4n) is 2.67. The van der Waals surface area contributed by atoms with E-state index in [4.69, 9.17) is 5.14 Å². The molecule has 1 aromatic rings. The number of hydrogen-bond acceptors (Lipinski definition) is 4. The maximum atomic E-state index is 11.2. The van der Waals surface area contributed by atoms with E-state index in [-0.39, 0.29) is 4.90 Å². The second-order valence-corrected chi connectivity index (χ2v) is 6.89. The van der Waals surface area contributed by atoms with Crippen molar-refractivity contribution in [2.75, 3.05) is 31.6 Å². The van der Waals surface area contributed by atoms with Gasteiger partial charge < -0.3 is 9.80 Å². The molecule has 0 spiro atoms. The van der Waals surface area contributed by atoms with Crippen LogP contribution in [0.1, 0.15) is 19.8 Å². The van der Waals surface area contributed by atoms with Crippen LogP contribution in [0.25, 0.3) is 0 Å². The molecule has 5 nitrogen and oxygen atoms in total. The smallest absolute Gasteiger partial charge is 0.238 e. The molecule has 2 rings (SSSR count). The van der Waals surface area contributed by atoms with Gasteiger partial charge in [0, 0.05) is 24.8 Å². The van der Waals surface area contributed by atoms with Crippen molar-refractivity contribution in [2.24, 2.45) is 5.14 Å². The first-order valence-electron chi connectivity index (χ1n) is 7.00. The zero-order chi connectivity index (χ0) is 14.8. The van der Waals surface area contributed by atoms with Gasteiger partial charge in [0.05, 0.1) is 4.90 Å². The highest BCUT2D eigenvalue weighted by Gasteiger charge is 2.21. The van der Waals surface area contributed by atoms with E-state index < -0.39 is 10.0 Å². The van der Waals surface area contributed by atoms with Crippen molar-refractivity contribution in [1.82, 2.24) is 4.90 Å². The van der Waals surface area contributed by atoms with Gasteiger partial charge in [0.25, 0.3) is 0 Å². The summed E-state index contributed by atoms with van der Waals surface area (Å²) in [4.78, 5) is 4.86. The normalized spacial score (nSPS) is 17.7. The zero-order valence-electron chi connectivity index (χ0n) is 12.1. The van der Waals surface area contributed by atoms with Crippen LogP contribution in [0.4, 0.5) is 5.69 Å². The summed E-state index contributed by atoms with van der Waals surface area (Å²) in [7, 11) is -1.43. The lowest BCUT2D eigenvalue weighted by atomic mass is 10.0. The summed E-state index contributed by atoms with van der Waals surface area (Å²) in [5, 5.41) is 5.11. The van der Waals surface area contributed by atoms with Gasteiger partial charge in [-0.3, -0.25) is 0 Å². The number of sulfonamides is 1. The molecule has 0 aromatic heterocycles. The van der Waals surface area contributed by atoms with Gasteiger partial charge in [-0.05, 0) is 50.7 Å². The van der Waals surface area contributed by atoms with Crippen molar-refractivity contribution in [2.45, 2.75) is 30.7 Å². The highest BCUT2D eigenvalue weighted by molar-refractivity contribution is 7.89. The fraction of sp³-hybridized carbons (Fsp3) is 0.571. The molecule has 0 bridgehead atoms. The first kappa shape index (κ1) is 15.3. The van der Waals surface area contributed by atoms with Crippen LogP contribution in [0, 0.1) is 0 Å². The third kappa shape index (κ3) is 3.50. The molecule has 0 unspecified atom stereocenters. The number of nitrogens with two attached hydrogens (primary N) is 1. The fourth-order valence-corrected chi connectivity index (χ4v) is 3.19. The van der Waals surface area contributed by atoms with Crippen molar-refractivity contribution in [1.29, 1.82) is 0 Å². The molecule has 0 radical (unpaired) electrons. The summed E-state index contributed by atoms with van der Waals surface area (Å²) in [6.07, 6.45) is 2.28. The minimum Gasteiger partial charge on any atom is -0.371 e. The summed E-state index contributed by atoms with van der Waals surface area (Å²) in [6, 6.07) is 7.48. The number of nitrogens with zero attached hydrogens (tertiary/aromatic N) is 2. The standard InChI is InChI=1S/C14H23N3O2S/c1-3-16(2)12-8-10-17(11-9-12)13-4-6-14(7-5-13)20(15,18)19/h4-7,12H,3,8-11H2,1-2H3,(H2,15,18,19). The Hall–Kier alpha value is -1.11. The van der Waals surface area contributed by atoms with E-state index in [9.17, 15) is 8.42 Å². The van der Waals surface area contributed by atoms with Gasteiger partial charge in [0.2, 0.25) is 10.0 Å². The monoisotopic (exact) mass is 297 g/mol. The molecule has 1 saturated heterocycles. The van der Waals surface area contributed by atoms with E-state index in [1.165, 1.54) is 0 Å². The summed E-state index contributed by atoms with van der Waals surface area (Å²) in [5.74, 6) is 0. The molecule has 20 heavy (non-hydrogen) atoms. The van der Waals surface area contributed by atoms with Gasteiger partial charge in [0.15, 0.2) is 0 Å². The van der Waals surface area contributed by atoms with Gasteiger partial charge in [-0.2, -0.15) is 0 Å². The quantitative estimate of drug-likeness (QED) is 0.908. The molecule has 2 N–H and O–H groups in total. The Morgan fingerprint density at radius 3 is 2.25 bits per heavy atom. The van der Waals surface area contributed by atoms with Crippen molar-refractivity contribution in [3.05, 3.63) is 24.3 Å². The first-order chi connectivity index (χ1) is 9.41. The summed E-state index contributed by atoms with van der Waals surface area (Å²) >= 11 is 0. The molecule has 6 heteroatoms. The van der Waals surface area contributed by atoms with E-state index in [1.54, 1.807) is 12.1 Å². The average Bonchev–Trinajstić information content (AvgIpc) is 2.46. The summed E-state index contributed by atoms with van der Waals surface area (Å²) in [6.45, 7) is 5.26. The molecule has 1 fully saturated rings. The Morgan fingerprint density at radius 1 is 1.25 bits per heavy atom. The minimum absolute atomic E-state index is 0.168.